The Kier molecular flexibility index (Phi) is 3.77. The van der Waals surface area contributed by atoms with Gasteiger partial charge in [0.1, 0.15) is 0 Å². The van der Waals surface area contributed by atoms with Gasteiger partial charge in [0, 0.05) is 0 Å². The first kappa shape index (κ1) is 10.7. The van der Waals surface area contributed by atoms with Crippen LogP contribution in [0.25, 0.3) is 0 Å². The molecule has 0 radical (unpaired) electrons. The van der Waals surface area contributed by atoms with E-state index in [4.69, 9.17) is 0 Å². The molecule has 66 valence electrons. The van der Waals surface area contributed by atoms with E-state index in [0.29, 0.717) is 6.42 Å². The molecule has 0 bridgehead atoms. The average molecular weight is 158 g/mol. The summed E-state index contributed by atoms with van der Waals surface area (Å²) < 4.78 is 12.7. The fraction of sp³-hybridized carbons (Fsp3) is 0.800. The number of hydrogen-bond donors (Lipinski definition) is 0. The maximum absolute atomic E-state index is 12.7. The van der Waals surface area contributed by atoms with Gasteiger partial charge in [-0.15, -0.1) is 0 Å². The third-order valence-corrected chi connectivity index (χ3v) is 2.39. The van der Waals surface area contributed by atoms with Gasteiger partial charge in [-0.2, -0.15) is 0 Å². The van der Waals surface area contributed by atoms with Crippen molar-refractivity contribution in [2.24, 2.45) is 5.41 Å². The molecular formula is C10H19F. The minimum Gasteiger partial charge on any atom is -0.212 e. The normalized spacial score (nSPS) is 21.3. The Bertz CT molecular complexity index is 154. The lowest BCUT2D eigenvalue weighted by Gasteiger charge is -2.17. The van der Waals surface area contributed by atoms with Gasteiger partial charge < -0.3 is 0 Å². The first-order chi connectivity index (χ1) is 5.04. The lowest BCUT2D eigenvalue weighted by atomic mass is 9.87. The van der Waals surface area contributed by atoms with E-state index in [9.17, 15) is 4.39 Å². The van der Waals surface area contributed by atoms with Crippen LogP contribution in [0, 0.1) is 5.41 Å². The van der Waals surface area contributed by atoms with Crippen molar-refractivity contribution in [1.29, 1.82) is 0 Å². The summed E-state index contributed by atoms with van der Waals surface area (Å²) in [5, 5.41) is 0. The van der Waals surface area contributed by atoms with Crippen molar-refractivity contribution in [2.75, 3.05) is 0 Å². The van der Waals surface area contributed by atoms with Gasteiger partial charge >= 0.3 is 0 Å². The highest BCUT2D eigenvalue weighted by atomic mass is 19.1. The molecule has 0 aromatic heterocycles. The molecule has 1 aliphatic carbocycles. The molecule has 0 spiro atoms. The third-order valence-electron chi connectivity index (χ3n) is 2.39. The molecule has 1 rings (SSSR count). The van der Waals surface area contributed by atoms with Crippen LogP contribution in [0.5, 0.6) is 0 Å². The minimum absolute atomic E-state index is 0.111. The van der Waals surface area contributed by atoms with Gasteiger partial charge in [-0.25, -0.2) is 4.39 Å². The Labute approximate surface area is 69.5 Å². The summed E-state index contributed by atoms with van der Waals surface area (Å²) in [6.45, 7) is 10.1. The second kappa shape index (κ2) is 3.89. The fourth-order valence-corrected chi connectivity index (χ4v) is 1.16. The van der Waals surface area contributed by atoms with Crippen molar-refractivity contribution in [2.45, 2.75) is 47.5 Å². The Balaban J connectivity index is 0.000000461. The van der Waals surface area contributed by atoms with Crippen LogP contribution in [0.3, 0.4) is 0 Å². The number of hydrogen-bond acceptors (Lipinski definition) is 0. The summed E-state index contributed by atoms with van der Waals surface area (Å²) in [7, 11) is 0. The summed E-state index contributed by atoms with van der Waals surface area (Å²) in [6.07, 6.45) is 1.63. The first-order valence-electron chi connectivity index (χ1n) is 4.40. The molecule has 0 nitrogen and oxygen atoms in total. The smallest absolute Gasteiger partial charge is 0.0994 e. The second-order valence-electron chi connectivity index (χ2n) is 3.41. The Morgan fingerprint density at radius 1 is 1.27 bits per heavy atom. The maximum atomic E-state index is 12.7. The lowest BCUT2D eigenvalue weighted by molar-refractivity contribution is 0.442. The van der Waals surface area contributed by atoms with Crippen LogP contribution >= 0.6 is 0 Å². The predicted molar refractivity (Wildman–Crippen MR) is 48.2 cm³/mol. The van der Waals surface area contributed by atoms with Crippen molar-refractivity contribution in [3.8, 4) is 0 Å². The van der Waals surface area contributed by atoms with Crippen molar-refractivity contribution in [3.05, 3.63) is 11.4 Å². The van der Waals surface area contributed by atoms with Crippen LogP contribution in [-0.4, -0.2) is 0 Å². The molecule has 0 saturated carbocycles. The fourth-order valence-electron chi connectivity index (χ4n) is 1.16. The van der Waals surface area contributed by atoms with E-state index < -0.39 is 0 Å². The predicted octanol–water partition coefficient (Wildman–Crippen LogP) is 4.08. The minimum atomic E-state index is 0.111. The molecule has 0 fully saturated rings. The van der Waals surface area contributed by atoms with Gasteiger partial charge in [0.2, 0.25) is 0 Å². The monoisotopic (exact) mass is 158 g/mol. The SMILES string of the molecule is CC.CC1=C(F)CCC1(C)C. The van der Waals surface area contributed by atoms with E-state index in [2.05, 4.69) is 13.8 Å². The molecular weight excluding hydrogens is 139 g/mol. The Hall–Kier alpha value is -0.330. The van der Waals surface area contributed by atoms with Crippen LogP contribution in [0.4, 0.5) is 4.39 Å². The zero-order chi connectivity index (χ0) is 9.07. The highest BCUT2D eigenvalue weighted by Crippen LogP contribution is 2.42. The van der Waals surface area contributed by atoms with Crippen molar-refractivity contribution in [3.63, 3.8) is 0 Å². The van der Waals surface area contributed by atoms with Gasteiger partial charge in [-0.1, -0.05) is 27.7 Å². The van der Waals surface area contributed by atoms with E-state index in [1.807, 2.05) is 20.8 Å². The quantitative estimate of drug-likeness (QED) is 0.498. The largest absolute Gasteiger partial charge is 0.212 e. The zero-order valence-corrected chi connectivity index (χ0v) is 8.29. The van der Waals surface area contributed by atoms with E-state index in [0.717, 1.165) is 12.0 Å². The summed E-state index contributed by atoms with van der Waals surface area (Å²) >= 11 is 0. The van der Waals surface area contributed by atoms with Gasteiger partial charge in [0.15, 0.2) is 0 Å². The van der Waals surface area contributed by atoms with Gasteiger partial charge in [-0.3, -0.25) is 0 Å². The standard InChI is InChI=1S/C8H13F.C2H6/c1-6-7(9)4-5-8(6,2)3;1-2/h4-5H2,1-3H3;1-2H3. The van der Waals surface area contributed by atoms with E-state index in [-0.39, 0.29) is 11.2 Å². The Morgan fingerprint density at radius 2 is 1.73 bits per heavy atom. The lowest BCUT2D eigenvalue weighted by Crippen LogP contribution is -2.06. The highest BCUT2D eigenvalue weighted by Gasteiger charge is 2.29. The molecule has 0 unspecified atom stereocenters. The number of halogens is 1. The molecule has 11 heavy (non-hydrogen) atoms. The zero-order valence-electron chi connectivity index (χ0n) is 8.29. The highest BCUT2D eigenvalue weighted by molar-refractivity contribution is 5.19. The molecule has 0 aliphatic heterocycles. The average Bonchev–Trinajstić information content (AvgIpc) is 2.21. The first-order valence-corrected chi connectivity index (χ1v) is 4.40. The van der Waals surface area contributed by atoms with Gasteiger partial charge in [-0.05, 0) is 30.8 Å². The molecule has 0 atom stereocenters. The molecule has 1 aliphatic rings. The van der Waals surface area contributed by atoms with Gasteiger partial charge in [0.05, 0.1) is 5.83 Å². The molecule has 0 aromatic rings. The second-order valence-corrected chi connectivity index (χ2v) is 3.41. The van der Waals surface area contributed by atoms with Crippen molar-refractivity contribution >= 4 is 0 Å². The van der Waals surface area contributed by atoms with E-state index in [1.165, 1.54) is 0 Å². The molecule has 0 aromatic carbocycles. The van der Waals surface area contributed by atoms with E-state index >= 15 is 0 Å². The maximum Gasteiger partial charge on any atom is 0.0994 e. The Morgan fingerprint density at radius 3 is 1.82 bits per heavy atom. The van der Waals surface area contributed by atoms with Crippen LogP contribution in [0.15, 0.2) is 11.4 Å². The summed E-state index contributed by atoms with van der Waals surface area (Å²) in [4.78, 5) is 0. The molecule has 1 heteroatoms. The number of allylic oxidation sites excluding steroid dienone is 2. The topological polar surface area (TPSA) is 0 Å². The summed E-state index contributed by atoms with van der Waals surface area (Å²) in [5.41, 5.74) is 1.08. The molecule has 0 heterocycles. The van der Waals surface area contributed by atoms with Crippen LogP contribution < -0.4 is 0 Å². The summed E-state index contributed by atoms with van der Waals surface area (Å²) in [5.74, 6) is 0.111. The van der Waals surface area contributed by atoms with E-state index in [1.54, 1.807) is 0 Å². The molecule has 0 N–H and O–H groups in total. The summed E-state index contributed by atoms with van der Waals surface area (Å²) in [6, 6.07) is 0. The van der Waals surface area contributed by atoms with Crippen molar-refractivity contribution in [1.82, 2.24) is 0 Å². The van der Waals surface area contributed by atoms with Crippen molar-refractivity contribution < 1.29 is 4.39 Å². The van der Waals surface area contributed by atoms with Crippen LogP contribution in [0.1, 0.15) is 47.5 Å². The van der Waals surface area contributed by atoms with Gasteiger partial charge in [0.25, 0.3) is 0 Å². The third kappa shape index (κ3) is 2.32. The number of rotatable bonds is 0. The van der Waals surface area contributed by atoms with Crippen LogP contribution in [0.2, 0.25) is 0 Å². The molecule has 0 saturated heterocycles. The van der Waals surface area contributed by atoms with Crippen LogP contribution in [-0.2, 0) is 0 Å². The molecule has 0 amide bonds.